The minimum Gasteiger partial charge on any atom is -0.478 e. The average Bonchev–Trinajstić information content (AvgIpc) is 3.01. The summed E-state index contributed by atoms with van der Waals surface area (Å²) in [6, 6.07) is 13.1. The van der Waals surface area contributed by atoms with Gasteiger partial charge < -0.3 is 10.4 Å². The van der Waals surface area contributed by atoms with Gasteiger partial charge in [-0.3, -0.25) is 4.79 Å². The van der Waals surface area contributed by atoms with Crippen molar-refractivity contribution in [2.75, 3.05) is 5.32 Å². The van der Waals surface area contributed by atoms with Crippen molar-refractivity contribution in [2.24, 2.45) is 0 Å². The second kappa shape index (κ2) is 6.91. The molecule has 1 aromatic heterocycles. The summed E-state index contributed by atoms with van der Waals surface area (Å²) in [5.41, 5.74) is 2.80. The maximum absolute atomic E-state index is 12.3. The zero-order valence-electron chi connectivity index (χ0n) is 13.9. The highest BCUT2D eigenvalue weighted by atomic mass is 32.1. The van der Waals surface area contributed by atoms with E-state index < -0.39 is 5.97 Å². The molecule has 4 nitrogen and oxygen atoms in total. The van der Waals surface area contributed by atoms with E-state index in [0.717, 1.165) is 15.8 Å². The maximum atomic E-state index is 12.3. The van der Waals surface area contributed by atoms with Crippen molar-refractivity contribution >= 4 is 44.6 Å². The van der Waals surface area contributed by atoms with Gasteiger partial charge in [0.15, 0.2) is 0 Å². The number of carbonyl (C=O) groups excluding carboxylic acids is 1. The molecule has 1 amide bonds. The number of aryl methyl sites for hydroxylation is 1. The average molecular weight is 351 g/mol. The van der Waals surface area contributed by atoms with Gasteiger partial charge in [-0.25, -0.2) is 4.79 Å². The molecular weight excluding hydrogens is 334 g/mol. The van der Waals surface area contributed by atoms with Crippen LogP contribution >= 0.6 is 11.3 Å². The summed E-state index contributed by atoms with van der Waals surface area (Å²) in [6.07, 6.45) is 1.49. The highest BCUT2D eigenvalue weighted by Crippen LogP contribution is 2.25. The highest BCUT2D eigenvalue weighted by molar-refractivity contribution is 7.17. The van der Waals surface area contributed by atoms with Gasteiger partial charge >= 0.3 is 5.97 Å². The van der Waals surface area contributed by atoms with Crippen LogP contribution in [0.4, 0.5) is 5.69 Å². The molecule has 0 saturated carbocycles. The van der Waals surface area contributed by atoms with Crippen molar-refractivity contribution in [3.8, 4) is 0 Å². The number of fused-ring (bicyclic) bond motifs is 1. The fraction of sp³-hybridized carbons (Fsp3) is 0.100. The monoisotopic (exact) mass is 351 g/mol. The van der Waals surface area contributed by atoms with Gasteiger partial charge in [-0.15, -0.1) is 11.3 Å². The van der Waals surface area contributed by atoms with Gasteiger partial charge in [-0.2, -0.15) is 0 Å². The number of carboxylic acid groups (broad SMARTS) is 1. The SMILES string of the molecule is C/C(=C\C(=O)Nc1cccc(C)c1C(=O)O)c1ccc2ccsc2c1. The molecule has 0 saturated heterocycles. The number of nitrogens with one attached hydrogen (secondary N) is 1. The first-order valence-electron chi connectivity index (χ1n) is 7.75. The fourth-order valence-electron chi connectivity index (χ4n) is 2.70. The van der Waals surface area contributed by atoms with Crippen LogP contribution in [0.1, 0.15) is 28.4 Å². The van der Waals surface area contributed by atoms with Crippen molar-refractivity contribution in [3.63, 3.8) is 0 Å². The number of benzene rings is 2. The van der Waals surface area contributed by atoms with Crippen molar-refractivity contribution < 1.29 is 14.7 Å². The summed E-state index contributed by atoms with van der Waals surface area (Å²) in [5.74, 6) is -1.41. The van der Waals surface area contributed by atoms with Gasteiger partial charge in [-0.1, -0.05) is 24.3 Å². The molecule has 3 aromatic rings. The van der Waals surface area contributed by atoms with Crippen molar-refractivity contribution in [2.45, 2.75) is 13.8 Å². The van der Waals surface area contributed by atoms with Crippen molar-refractivity contribution in [1.29, 1.82) is 0 Å². The summed E-state index contributed by atoms with van der Waals surface area (Å²) in [7, 11) is 0. The molecule has 0 unspecified atom stereocenters. The van der Waals surface area contributed by atoms with Crippen LogP contribution < -0.4 is 5.32 Å². The number of rotatable bonds is 4. The minimum atomic E-state index is -1.06. The van der Waals surface area contributed by atoms with E-state index >= 15 is 0 Å². The molecule has 3 rings (SSSR count). The summed E-state index contributed by atoms with van der Waals surface area (Å²) in [5, 5.41) is 15.2. The first-order chi connectivity index (χ1) is 12.0. The molecule has 0 atom stereocenters. The maximum Gasteiger partial charge on any atom is 0.338 e. The third-order valence-corrected chi connectivity index (χ3v) is 4.88. The fourth-order valence-corrected chi connectivity index (χ4v) is 3.53. The molecule has 25 heavy (non-hydrogen) atoms. The molecular formula is C20H17NO3S. The van der Waals surface area contributed by atoms with Crippen LogP contribution in [0, 0.1) is 6.92 Å². The summed E-state index contributed by atoms with van der Waals surface area (Å²) >= 11 is 1.65. The molecule has 0 bridgehead atoms. The molecule has 0 aliphatic rings. The first-order valence-corrected chi connectivity index (χ1v) is 8.63. The molecule has 0 fully saturated rings. The smallest absolute Gasteiger partial charge is 0.338 e. The van der Waals surface area contributed by atoms with Crippen molar-refractivity contribution in [3.05, 3.63) is 70.6 Å². The molecule has 1 heterocycles. The second-order valence-electron chi connectivity index (χ2n) is 5.79. The molecule has 0 spiro atoms. The summed E-state index contributed by atoms with van der Waals surface area (Å²) in [4.78, 5) is 23.7. The van der Waals surface area contributed by atoms with Crippen molar-refractivity contribution in [1.82, 2.24) is 0 Å². The predicted molar refractivity (Wildman–Crippen MR) is 102 cm³/mol. The van der Waals surface area contributed by atoms with Gasteiger partial charge in [0.05, 0.1) is 11.3 Å². The van der Waals surface area contributed by atoms with E-state index in [1.807, 2.05) is 24.4 Å². The Labute approximate surface area is 149 Å². The van der Waals surface area contributed by atoms with Gasteiger partial charge in [0.1, 0.15) is 0 Å². The van der Waals surface area contributed by atoms with Crippen LogP contribution in [-0.2, 0) is 4.79 Å². The van der Waals surface area contributed by atoms with E-state index in [1.54, 1.807) is 36.5 Å². The lowest BCUT2D eigenvalue weighted by Gasteiger charge is -2.09. The Kier molecular flexibility index (Phi) is 4.67. The summed E-state index contributed by atoms with van der Waals surface area (Å²) < 4.78 is 1.16. The van der Waals surface area contributed by atoms with Crippen LogP contribution in [0.15, 0.2) is 53.9 Å². The van der Waals surface area contributed by atoms with Crippen LogP contribution in [0.5, 0.6) is 0 Å². The van der Waals surface area contributed by atoms with Gasteiger partial charge in [0.2, 0.25) is 5.91 Å². The molecule has 0 aliphatic heterocycles. The number of anilines is 1. The number of carbonyl (C=O) groups is 2. The topological polar surface area (TPSA) is 66.4 Å². The van der Waals surface area contributed by atoms with E-state index in [1.165, 1.54) is 11.5 Å². The largest absolute Gasteiger partial charge is 0.478 e. The van der Waals surface area contributed by atoms with Crippen LogP contribution in [0.25, 0.3) is 15.7 Å². The van der Waals surface area contributed by atoms with Gasteiger partial charge in [0, 0.05) is 10.8 Å². The zero-order valence-corrected chi connectivity index (χ0v) is 14.7. The van der Waals surface area contributed by atoms with E-state index in [2.05, 4.69) is 17.4 Å². The molecule has 5 heteroatoms. The van der Waals surface area contributed by atoms with Crippen LogP contribution in [0.3, 0.4) is 0 Å². The molecule has 126 valence electrons. The van der Waals surface area contributed by atoms with Crippen LogP contribution in [0.2, 0.25) is 0 Å². The lowest BCUT2D eigenvalue weighted by Crippen LogP contribution is -2.13. The number of hydrogen-bond acceptors (Lipinski definition) is 3. The number of allylic oxidation sites excluding steroid dienone is 1. The highest BCUT2D eigenvalue weighted by Gasteiger charge is 2.14. The molecule has 2 N–H and O–H groups in total. The normalized spacial score (nSPS) is 11.5. The summed E-state index contributed by atoms with van der Waals surface area (Å²) in [6.45, 7) is 3.57. The minimum absolute atomic E-state index is 0.113. The van der Waals surface area contributed by atoms with Gasteiger partial charge in [-0.05, 0) is 59.5 Å². The van der Waals surface area contributed by atoms with E-state index in [4.69, 9.17) is 0 Å². The Balaban J connectivity index is 1.85. The lowest BCUT2D eigenvalue weighted by atomic mass is 10.1. The first kappa shape index (κ1) is 16.9. The zero-order chi connectivity index (χ0) is 18.0. The number of aromatic carboxylic acids is 1. The Hall–Kier alpha value is -2.92. The number of amides is 1. The Morgan fingerprint density at radius 3 is 2.72 bits per heavy atom. The van der Waals surface area contributed by atoms with E-state index in [9.17, 15) is 14.7 Å². The Morgan fingerprint density at radius 2 is 1.96 bits per heavy atom. The Bertz CT molecular complexity index is 1000. The van der Waals surface area contributed by atoms with E-state index in [0.29, 0.717) is 11.3 Å². The Morgan fingerprint density at radius 1 is 1.16 bits per heavy atom. The second-order valence-corrected chi connectivity index (χ2v) is 6.74. The third kappa shape index (κ3) is 3.61. The van der Waals surface area contributed by atoms with Crippen LogP contribution in [-0.4, -0.2) is 17.0 Å². The standard InChI is InChI=1S/C20H17NO3S/c1-12-4-3-5-16(19(12)20(23)24)21-18(22)10-13(2)15-7-6-14-8-9-25-17(14)11-15/h3-11H,1-2H3,(H,21,22)(H,23,24)/b13-10+. The number of carboxylic acids is 1. The quantitative estimate of drug-likeness (QED) is 0.654. The third-order valence-electron chi connectivity index (χ3n) is 4.00. The molecule has 2 aromatic carbocycles. The number of hydrogen-bond donors (Lipinski definition) is 2. The van der Waals surface area contributed by atoms with Gasteiger partial charge in [0.25, 0.3) is 0 Å². The molecule has 0 aliphatic carbocycles. The molecule has 0 radical (unpaired) electrons. The predicted octanol–water partition coefficient (Wildman–Crippen LogP) is 4.95. The van der Waals surface area contributed by atoms with E-state index in [-0.39, 0.29) is 11.5 Å². The number of thiophene rings is 1. The lowest BCUT2D eigenvalue weighted by molar-refractivity contribution is -0.111.